The molecule has 23 heavy (non-hydrogen) atoms. The molecular formula is C10H10F3N5O5. The van der Waals surface area contributed by atoms with E-state index in [2.05, 4.69) is 15.0 Å². The molecule has 0 radical (unpaired) electrons. The standard InChI is InChI=1S/C10H10F3N5O5/c11-10(12,13)4-2-18(9(21)15-8(4)20)7-1-5(23-17-16-14)6(3-19)22-7/h2,5-7,19H,1,3H2,(H,15,20,21)/t5?,6-,7-/m0/s1. The first kappa shape index (κ1) is 16.9. The van der Waals surface area contributed by atoms with E-state index in [9.17, 15) is 22.8 Å². The Balaban J connectivity index is 2.37. The van der Waals surface area contributed by atoms with Crippen LogP contribution in [-0.2, 0) is 15.8 Å². The Morgan fingerprint density at radius 1 is 1.57 bits per heavy atom. The zero-order chi connectivity index (χ0) is 17.2. The lowest BCUT2D eigenvalue weighted by atomic mass is 10.2. The van der Waals surface area contributed by atoms with Gasteiger partial charge < -0.3 is 14.7 Å². The minimum absolute atomic E-state index is 0.173. The van der Waals surface area contributed by atoms with Gasteiger partial charge in [0, 0.05) is 17.5 Å². The third-order valence-corrected chi connectivity index (χ3v) is 3.16. The fourth-order valence-corrected chi connectivity index (χ4v) is 2.13. The molecule has 2 heterocycles. The Hall–Kier alpha value is -2.50. The molecule has 0 aromatic carbocycles. The van der Waals surface area contributed by atoms with Crippen molar-refractivity contribution in [2.24, 2.45) is 5.28 Å². The Kier molecular flexibility index (Phi) is 4.63. The lowest BCUT2D eigenvalue weighted by molar-refractivity contribution is -0.139. The molecule has 0 saturated carbocycles. The van der Waals surface area contributed by atoms with Crippen LogP contribution in [0.2, 0.25) is 0 Å². The van der Waals surface area contributed by atoms with Gasteiger partial charge in [-0.15, -0.1) is 0 Å². The van der Waals surface area contributed by atoms with Crippen molar-refractivity contribution in [3.8, 4) is 0 Å². The zero-order valence-corrected chi connectivity index (χ0v) is 11.2. The predicted molar refractivity (Wildman–Crippen MR) is 66.0 cm³/mol. The van der Waals surface area contributed by atoms with E-state index in [-0.39, 0.29) is 6.42 Å². The largest absolute Gasteiger partial charge is 0.427 e. The van der Waals surface area contributed by atoms with E-state index in [4.69, 9.17) is 15.4 Å². The van der Waals surface area contributed by atoms with E-state index in [1.165, 1.54) is 0 Å². The average molecular weight is 337 g/mol. The summed E-state index contributed by atoms with van der Waals surface area (Å²) >= 11 is 0. The highest BCUT2D eigenvalue weighted by molar-refractivity contribution is 5.09. The van der Waals surface area contributed by atoms with Crippen molar-refractivity contribution in [1.82, 2.24) is 9.55 Å². The van der Waals surface area contributed by atoms with Crippen molar-refractivity contribution in [2.75, 3.05) is 6.61 Å². The minimum atomic E-state index is -4.96. The van der Waals surface area contributed by atoms with Crippen LogP contribution in [0.5, 0.6) is 0 Å². The summed E-state index contributed by atoms with van der Waals surface area (Å²) in [5, 5.41) is 12.0. The summed E-state index contributed by atoms with van der Waals surface area (Å²) in [5.74, 6) is 0. The fourth-order valence-electron chi connectivity index (χ4n) is 2.13. The van der Waals surface area contributed by atoms with Crippen LogP contribution in [0.3, 0.4) is 0 Å². The summed E-state index contributed by atoms with van der Waals surface area (Å²) in [5.41, 5.74) is 3.92. The van der Waals surface area contributed by atoms with Gasteiger partial charge in [0.1, 0.15) is 29.3 Å². The molecule has 0 spiro atoms. The van der Waals surface area contributed by atoms with E-state index < -0.39 is 48.0 Å². The number of hydrogen-bond donors (Lipinski definition) is 2. The van der Waals surface area contributed by atoms with E-state index in [1.807, 2.05) is 0 Å². The Morgan fingerprint density at radius 3 is 2.83 bits per heavy atom. The summed E-state index contributed by atoms with van der Waals surface area (Å²) in [6, 6.07) is 0. The summed E-state index contributed by atoms with van der Waals surface area (Å²) in [4.78, 5) is 31.5. The van der Waals surface area contributed by atoms with Gasteiger partial charge in [-0.25, -0.2) is 4.79 Å². The highest BCUT2D eigenvalue weighted by Gasteiger charge is 2.40. The topological polar surface area (TPSA) is 142 Å². The fraction of sp³-hybridized carbons (Fsp3) is 0.600. The molecule has 1 fully saturated rings. The third-order valence-electron chi connectivity index (χ3n) is 3.16. The molecule has 0 aliphatic carbocycles. The van der Waals surface area contributed by atoms with Gasteiger partial charge in [0.15, 0.2) is 0 Å². The zero-order valence-electron chi connectivity index (χ0n) is 11.2. The maximum atomic E-state index is 12.7. The number of aromatic amines is 1. The van der Waals surface area contributed by atoms with Gasteiger partial charge in [-0.05, 0) is 5.53 Å². The second-order valence-corrected chi connectivity index (χ2v) is 4.57. The summed E-state index contributed by atoms with van der Waals surface area (Å²) < 4.78 is 44.0. The quantitative estimate of drug-likeness (QED) is 0.355. The molecule has 1 aromatic rings. The van der Waals surface area contributed by atoms with E-state index in [0.717, 1.165) is 0 Å². The first-order chi connectivity index (χ1) is 10.8. The maximum absolute atomic E-state index is 12.7. The second kappa shape index (κ2) is 6.32. The molecule has 3 atom stereocenters. The number of aliphatic hydroxyl groups excluding tert-OH is 1. The molecule has 2 N–H and O–H groups in total. The number of rotatable bonds is 4. The number of nitrogens with zero attached hydrogens (tertiary/aromatic N) is 4. The van der Waals surface area contributed by atoms with Crippen LogP contribution in [0, 0.1) is 0 Å². The van der Waals surface area contributed by atoms with Gasteiger partial charge in [0.05, 0.1) is 6.61 Å². The van der Waals surface area contributed by atoms with Crippen molar-refractivity contribution in [1.29, 1.82) is 0 Å². The Morgan fingerprint density at radius 2 is 2.26 bits per heavy atom. The third kappa shape index (κ3) is 3.47. The monoisotopic (exact) mass is 337 g/mol. The molecular weight excluding hydrogens is 327 g/mol. The SMILES string of the molecule is [N-]=[N+]=NOC1C[C@@H](n2cc(C(F)(F)F)c(=O)[nH]c2=O)O[C@H]1CO. The van der Waals surface area contributed by atoms with Crippen molar-refractivity contribution < 1.29 is 27.9 Å². The number of H-pyrrole nitrogens is 1. The number of azide groups is 1. The average Bonchev–Trinajstić information content (AvgIpc) is 2.86. The molecule has 1 aromatic heterocycles. The van der Waals surface area contributed by atoms with Crippen LogP contribution in [-0.4, -0.2) is 33.5 Å². The summed E-state index contributed by atoms with van der Waals surface area (Å²) in [7, 11) is 0. The number of alkyl halides is 3. The molecule has 126 valence electrons. The number of halogens is 3. The minimum Gasteiger partial charge on any atom is -0.427 e. The molecule has 0 bridgehead atoms. The van der Waals surface area contributed by atoms with E-state index in [0.29, 0.717) is 10.8 Å². The summed E-state index contributed by atoms with van der Waals surface area (Å²) in [6.07, 6.45) is -8.02. The molecule has 10 nitrogen and oxygen atoms in total. The highest BCUT2D eigenvalue weighted by Crippen LogP contribution is 2.31. The van der Waals surface area contributed by atoms with Crippen LogP contribution in [0.25, 0.3) is 10.4 Å². The summed E-state index contributed by atoms with van der Waals surface area (Å²) in [6.45, 7) is -0.577. The van der Waals surface area contributed by atoms with Gasteiger partial charge in [0.2, 0.25) is 0 Å². The van der Waals surface area contributed by atoms with E-state index >= 15 is 0 Å². The van der Waals surface area contributed by atoms with Gasteiger partial charge >= 0.3 is 11.9 Å². The molecule has 1 unspecified atom stereocenters. The maximum Gasteiger partial charge on any atom is 0.423 e. The molecule has 0 amide bonds. The number of aromatic nitrogens is 2. The van der Waals surface area contributed by atoms with Crippen molar-refractivity contribution in [2.45, 2.75) is 31.0 Å². The van der Waals surface area contributed by atoms with Gasteiger partial charge in [0.25, 0.3) is 5.56 Å². The highest BCUT2D eigenvalue weighted by atomic mass is 19.4. The van der Waals surface area contributed by atoms with Crippen molar-refractivity contribution in [3.05, 3.63) is 43.0 Å². The van der Waals surface area contributed by atoms with Crippen molar-refractivity contribution >= 4 is 0 Å². The van der Waals surface area contributed by atoms with Crippen molar-refractivity contribution in [3.63, 3.8) is 0 Å². The molecule has 1 aliphatic heterocycles. The molecule has 13 heteroatoms. The van der Waals surface area contributed by atoms with Crippen LogP contribution in [0.1, 0.15) is 18.2 Å². The second-order valence-electron chi connectivity index (χ2n) is 4.57. The van der Waals surface area contributed by atoms with Crippen LogP contribution < -0.4 is 11.2 Å². The molecule has 1 saturated heterocycles. The van der Waals surface area contributed by atoms with Crippen LogP contribution >= 0.6 is 0 Å². The van der Waals surface area contributed by atoms with Gasteiger partial charge in [-0.3, -0.25) is 14.3 Å². The van der Waals surface area contributed by atoms with Crippen LogP contribution in [0.4, 0.5) is 13.2 Å². The number of hydrogen-bond acceptors (Lipinski definition) is 6. The number of aliphatic hydroxyl groups is 1. The van der Waals surface area contributed by atoms with Gasteiger partial charge in [-0.1, -0.05) is 0 Å². The first-order valence-electron chi connectivity index (χ1n) is 6.17. The Labute approximate surface area is 124 Å². The predicted octanol–water partition coefficient (Wildman–Crippen LogP) is 0.446. The lowest BCUT2D eigenvalue weighted by Gasteiger charge is -2.15. The lowest BCUT2D eigenvalue weighted by Crippen LogP contribution is -2.36. The number of nitrogens with one attached hydrogen (secondary N) is 1. The first-order valence-corrected chi connectivity index (χ1v) is 6.17. The van der Waals surface area contributed by atoms with Gasteiger partial charge in [-0.2, -0.15) is 13.2 Å². The van der Waals surface area contributed by atoms with Crippen LogP contribution in [0.15, 0.2) is 21.1 Å². The smallest absolute Gasteiger partial charge is 0.423 e. The molecule has 1 aliphatic rings. The normalized spacial score (nSPS) is 24.3. The van der Waals surface area contributed by atoms with E-state index in [1.54, 1.807) is 4.98 Å². The Bertz CT molecular complexity index is 738. The number of ether oxygens (including phenoxy) is 1. The molecule has 2 rings (SSSR count).